The van der Waals surface area contributed by atoms with Crippen molar-refractivity contribution in [3.05, 3.63) is 66.0 Å². The number of hydrogen-bond acceptors (Lipinski definition) is 3. The number of hydrogen-bond donors (Lipinski definition) is 2. The minimum Gasteiger partial charge on any atom is -0.351 e. The Morgan fingerprint density at radius 2 is 2.08 bits per heavy atom. The van der Waals surface area contributed by atoms with Gasteiger partial charge in [-0.2, -0.15) is 0 Å². The molecule has 0 saturated carbocycles. The van der Waals surface area contributed by atoms with Gasteiger partial charge < -0.3 is 10.3 Å². The maximum atomic E-state index is 12.6. The summed E-state index contributed by atoms with van der Waals surface area (Å²) in [6.45, 7) is 5.06. The van der Waals surface area contributed by atoms with Crippen molar-refractivity contribution in [3.8, 4) is 0 Å². The fourth-order valence-electron chi connectivity index (χ4n) is 3.82. The summed E-state index contributed by atoms with van der Waals surface area (Å²) in [4.78, 5) is 22.4. The molecule has 3 aromatic rings. The SMILES string of the molecule is C[C@@H]1CN(Cc2ccccc2)C[C@H]1NC(=O)Cc1c[nH]c2ncccc12. The molecule has 1 aliphatic rings. The van der Waals surface area contributed by atoms with Gasteiger partial charge in [-0.3, -0.25) is 9.69 Å². The van der Waals surface area contributed by atoms with Crippen molar-refractivity contribution in [2.75, 3.05) is 13.1 Å². The van der Waals surface area contributed by atoms with E-state index in [1.165, 1.54) is 5.56 Å². The normalized spacial score (nSPS) is 20.5. The van der Waals surface area contributed by atoms with Crippen LogP contribution < -0.4 is 5.32 Å². The molecule has 5 heteroatoms. The van der Waals surface area contributed by atoms with Gasteiger partial charge in [0.15, 0.2) is 0 Å². The van der Waals surface area contributed by atoms with E-state index in [1.54, 1.807) is 6.20 Å². The van der Waals surface area contributed by atoms with Crippen LogP contribution >= 0.6 is 0 Å². The molecule has 0 radical (unpaired) electrons. The highest BCUT2D eigenvalue weighted by molar-refractivity contribution is 5.87. The Balaban J connectivity index is 1.35. The van der Waals surface area contributed by atoms with Crippen LogP contribution in [0.15, 0.2) is 54.9 Å². The second kappa shape index (κ2) is 7.30. The number of aromatic amines is 1. The van der Waals surface area contributed by atoms with Crippen LogP contribution in [0.1, 0.15) is 18.1 Å². The molecule has 1 amide bonds. The third-order valence-corrected chi connectivity index (χ3v) is 5.17. The molecule has 1 aromatic carbocycles. The molecule has 5 nitrogen and oxygen atoms in total. The summed E-state index contributed by atoms with van der Waals surface area (Å²) >= 11 is 0. The number of nitrogens with one attached hydrogen (secondary N) is 2. The Kier molecular flexibility index (Phi) is 4.71. The van der Waals surface area contributed by atoms with Gasteiger partial charge in [-0.05, 0) is 29.2 Å². The molecule has 3 heterocycles. The predicted molar refractivity (Wildman–Crippen MR) is 103 cm³/mol. The number of nitrogens with zero attached hydrogens (tertiary/aromatic N) is 2. The van der Waals surface area contributed by atoms with Crippen molar-refractivity contribution < 1.29 is 4.79 Å². The van der Waals surface area contributed by atoms with Gasteiger partial charge in [0.1, 0.15) is 5.65 Å². The molecule has 0 aliphatic carbocycles. The summed E-state index contributed by atoms with van der Waals surface area (Å²) in [6.07, 6.45) is 4.02. The highest BCUT2D eigenvalue weighted by Gasteiger charge is 2.30. The second-order valence-electron chi connectivity index (χ2n) is 7.22. The second-order valence-corrected chi connectivity index (χ2v) is 7.22. The highest BCUT2D eigenvalue weighted by atomic mass is 16.1. The largest absolute Gasteiger partial charge is 0.351 e. The van der Waals surface area contributed by atoms with Gasteiger partial charge in [0.05, 0.1) is 6.42 Å². The van der Waals surface area contributed by atoms with E-state index in [9.17, 15) is 4.79 Å². The number of H-pyrrole nitrogens is 1. The lowest BCUT2D eigenvalue weighted by molar-refractivity contribution is -0.121. The average molecular weight is 348 g/mol. The third-order valence-electron chi connectivity index (χ3n) is 5.17. The van der Waals surface area contributed by atoms with Gasteiger partial charge in [0.2, 0.25) is 5.91 Å². The fourth-order valence-corrected chi connectivity index (χ4v) is 3.82. The van der Waals surface area contributed by atoms with Crippen molar-refractivity contribution in [2.24, 2.45) is 5.92 Å². The minimum absolute atomic E-state index is 0.0770. The van der Waals surface area contributed by atoms with Crippen LogP contribution in [0, 0.1) is 5.92 Å². The first-order valence-electron chi connectivity index (χ1n) is 9.15. The molecule has 1 aliphatic heterocycles. The van der Waals surface area contributed by atoms with Crippen LogP contribution in [-0.4, -0.2) is 39.9 Å². The van der Waals surface area contributed by atoms with Crippen molar-refractivity contribution in [1.29, 1.82) is 0 Å². The highest BCUT2D eigenvalue weighted by Crippen LogP contribution is 2.20. The Bertz CT molecular complexity index is 889. The molecule has 0 unspecified atom stereocenters. The van der Waals surface area contributed by atoms with E-state index in [-0.39, 0.29) is 11.9 Å². The van der Waals surface area contributed by atoms with Crippen LogP contribution in [0.4, 0.5) is 0 Å². The van der Waals surface area contributed by atoms with Gasteiger partial charge in [-0.25, -0.2) is 4.98 Å². The number of rotatable bonds is 5. The zero-order valence-electron chi connectivity index (χ0n) is 15.0. The summed E-state index contributed by atoms with van der Waals surface area (Å²) in [7, 11) is 0. The van der Waals surface area contributed by atoms with E-state index in [0.29, 0.717) is 12.3 Å². The predicted octanol–water partition coefficient (Wildman–Crippen LogP) is 2.74. The maximum Gasteiger partial charge on any atom is 0.224 e. The molecule has 0 spiro atoms. The van der Waals surface area contributed by atoms with E-state index < -0.39 is 0 Å². The molecule has 134 valence electrons. The molecule has 1 saturated heterocycles. The number of likely N-dealkylation sites (tertiary alicyclic amines) is 1. The Morgan fingerprint density at radius 1 is 1.23 bits per heavy atom. The molecule has 2 atom stereocenters. The minimum atomic E-state index is 0.0770. The first-order valence-corrected chi connectivity index (χ1v) is 9.15. The molecule has 1 fully saturated rings. The summed E-state index contributed by atoms with van der Waals surface area (Å²) in [5.74, 6) is 0.528. The van der Waals surface area contributed by atoms with Crippen LogP contribution in [0.5, 0.6) is 0 Å². The fraction of sp³-hybridized carbons (Fsp3) is 0.333. The van der Waals surface area contributed by atoms with E-state index in [0.717, 1.165) is 36.2 Å². The summed E-state index contributed by atoms with van der Waals surface area (Å²) in [6, 6.07) is 14.6. The Hall–Kier alpha value is -2.66. The van der Waals surface area contributed by atoms with E-state index in [2.05, 4.69) is 51.4 Å². The Morgan fingerprint density at radius 3 is 2.92 bits per heavy atom. The standard InChI is InChI=1S/C21H24N4O/c1-15-12-25(13-16-6-3-2-4-7-16)14-19(15)24-20(26)10-17-11-23-21-18(17)8-5-9-22-21/h2-9,11,15,19H,10,12-14H2,1H3,(H,22,23)(H,24,26)/t15-,19-/m1/s1. The summed E-state index contributed by atoms with van der Waals surface area (Å²) in [5.41, 5.74) is 3.15. The van der Waals surface area contributed by atoms with Crippen molar-refractivity contribution in [1.82, 2.24) is 20.2 Å². The van der Waals surface area contributed by atoms with Crippen LogP contribution in [-0.2, 0) is 17.8 Å². The third kappa shape index (κ3) is 3.63. The van der Waals surface area contributed by atoms with E-state index in [4.69, 9.17) is 0 Å². The van der Waals surface area contributed by atoms with Crippen molar-refractivity contribution in [2.45, 2.75) is 25.9 Å². The first-order chi connectivity index (χ1) is 12.7. The topological polar surface area (TPSA) is 61.0 Å². The number of carbonyl (C=O) groups excluding carboxylic acids is 1. The van der Waals surface area contributed by atoms with Crippen LogP contribution in [0.25, 0.3) is 11.0 Å². The molecule has 2 aromatic heterocycles. The van der Waals surface area contributed by atoms with E-state index in [1.807, 2.05) is 24.4 Å². The molecule has 26 heavy (non-hydrogen) atoms. The Labute approximate surface area is 153 Å². The van der Waals surface area contributed by atoms with Crippen molar-refractivity contribution in [3.63, 3.8) is 0 Å². The quantitative estimate of drug-likeness (QED) is 0.745. The number of aromatic nitrogens is 2. The number of carbonyl (C=O) groups is 1. The summed E-state index contributed by atoms with van der Waals surface area (Å²) < 4.78 is 0. The summed E-state index contributed by atoms with van der Waals surface area (Å²) in [5, 5.41) is 4.25. The van der Waals surface area contributed by atoms with E-state index >= 15 is 0 Å². The first kappa shape index (κ1) is 16.8. The zero-order chi connectivity index (χ0) is 17.9. The lowest BCUT2D eigenvalue weighted by atomic mass is 10.1. The molecule has 4 rings (SSSR count). The monoisotopic (exact) mass is 348 g/mol. The molecular formula is C21H24N4O. The lowest BCUT2D eigenvalue weighted by Crippen LogP contribution is -2.40. The smallest absolute Gasteiger partial charge is 0.224 e. The van der Waals surface area contributed by atoms with Gasteiger partial charge >= 0.3 is 0 Å². The molecule has 0 bridgehead atoms. The maximum absolute atomic E-state index is 12.6. The van der Waals surface area contributed by atoms with Gasteiger partial charge in [-0.15, -0.1) is 0 Å². The van der Waals surface area contributed by atoms with Crippen molar-refractivity contribution >= 4 is 16.9 Å². The average Bonchev–Trinajstić information content (AvgIpc) is 3.20. The number of pyridine rings is 1. The van der Waals surface area contributed by atoms with Crippen LogP contribution in [0.2, 0.25) is 0 Å². The lowest BCUT2D eigenvalue weighted by Gasteiger charge is -2.17. The number of amides is 1. The number of fused-ring (bicyclic) bond motifs is 1. The van der Waals surface area contributed by atoms with Crippen LogP contribution in [0.3, 0.4) is 0 Å². The number of benzene rings is 1. The molecular weight excluding hydrogens is 324 g/mol. The zero-order valence-corrected chi connectivity index (χ0v) is 15.0. The van der Waals surface area contributed by atoms with Gasteiger partial charge in [0.25, 0.3) is 0 Å². The van der Waals surface area contributed by atoms with Gasteiger partial charge in [-0.1, -0.05) is 37.3 Å². The molecule has 2 N–H and O–H groups in total. The van der Waals surface area contributed by atoms with Gasteiger partial charge in [0, 0.05) is 43.5 Å².